The van der Waals surface area contributed by atoms with E-state index in [4.69, 9.17) is 11.6 Å². The third-order valence-corrected chi connectivity index (χ3v) is 3.60. The average Bonchev–Trinajstić information content (AvgIpc) is 2.29. The molecule has 0 atom stereocenters. The number of halogens is 1. The molecule has 0 bridgehead atoms. The van der Waals surface area contributed by atoms with Crippen LogP contribution in [0.25, 0.3) is 0 Å². The Morgan fingerprint density at radius 2 is 1.83 bits per heavy atom. The van der Waals surface area contributed by atoms with Gasteiger partial charge in [0.05, 0.1) is 0 Å². The summed E-state index contributed by atoms with van der Waals surface area (Å²) in [5.41, 5.74) is 0. The fourth-order valence-electron chi connectivity index (χ4n) is 1.42. The molecule has 0 aromatic carbocycles. The second-order valence-electron chi connectivity index (χ2n) is 4.39. The van der Waals surface area contributed by atoms with Crippen molar-refractivity contribution in [2.45, 2.75) is 39.3 Å². The molecule has 18 heavy (non-hydrogen) atoms. The van der Waals surface area contributed by atoms with Crippen LogP contribution in [0, 0.1) is 5.92 Å². The highest BCUT2D eigenvalue weighted by molar-refractivity contribution is 7.99. The predicted molar refractivity (Wildman–Crippen MR) is 78.6 cm³/mol. The molecular weight excluding hydrogens is 268 g/mol. The van der Waals surface area contributed by atoms with Gasteiger partial charge < -0.3 is 4.90 Å². The van der Waals surface area contributed by atoms with Crippen LogP contribution in [-0.4, -0.2) is 33.8 Å². The summed E-state index contributed by atoms with van der Waals surface area (Å²) in [7, 11) is 0. The summed E-state index contributed by atoms with van der Waals surface area (Å²) in [6, 6.07) is 0. The van der Waals surface area contributed by atoms with Crippen LogP contribution < -0.4 is 4.90 Å². The van der Waals surface area contributed by atoms with Gasteiger partial charge in [-0.15, -0.1) is 0 Å². The molecule has 0 unspecified atom stereocenters. The molecule has 102 valence electrons. The maximum absolute atomic E-state index is 5.95. The first-order valence-corrected chi connectivity index (χ1v) is 7.72. The van der Waals surface area contributed by atoms with Crippen LogP contribution in [0.1, 0.15) is 34.1 Å². The average molecular weight is 289 g/mol. The van der Waals surface area contributed by atoms with Crippen LogP contribution in [0.4, 0.5) is 5.95 Å². The van der Waals surface area contributed by atoms with Gasteiger partial charge in [-0.25, -0.2) is 0 Å². The van der Waals surface area contributed by atoms with Gasteiger partial charge in [0.25, 0.3) is 0 Å². The Hall–Kier alpha value is -0.550. The van der Waals surface area contributed by atoms with Gasteiger partial charge in [0, 0.05) is 18.8 Å². The smallest absolute Gasteiger partial charge is 0.230 e. The van der Waals surface area contributed by atoms with Crippen molar-refractivity contribution >= 4 is 29.3 Å². The Bertz CT molecular complexity index is 369. The van der Waals surface area contributed by atoms with Crippen molar-refractivity contribution in [2.24, 2.45) is 5.92 Å². The van der Waals surface area contributed by atoms with Crippen LogP contribution >= 0.6 is 23.4 Å². The Kier molecular flexibility index (Phi) is 6.71. The Morgan fingerprint density at radius 1 is 1.17 bits per heavy atom. The van der Waals surface area contributed by atoms with E-state index in [1.54, 1.807) is 11.8 Å². The van der Waals surface area contributed by atoms with E-state index in [2.05, 4.69) is 47.5 Å². The lowest BCUT2D eigenvalue weighted by Gasteiger charge is -2.18. The summed E-state index contributed by atoms with van der Waals surface area (Å²) in [5, 5.41) is 0.997. The summed E-state index contributed by atoms with van der Waals surface area (Å²) < 4.78 is 0. The van der Waals surface area contributed by atoms with Crippen molar-refractivity contribution in [3.63, 3.8) is 0 Å². The molecule has 0 spiro atoms. The van der Waals surface area contributed by atoms with Crippen LogP contribution in [-0.2, 0) is 0 Å². The fourth-order valence-corrected chi connectivity index (χ4v) is 2.70. The minimum Gasteiger partial charge on any atom is -0.341 e. The minimum atomic E-state index is 0.277. The molecule has 1 rings (SSSR count). The quantitative estimate of drug-likeness (QED) is 0.718. The third kappa shape index (κ3) is 4.98. The highest BCUT2D eigenvalue weighted by Crippen LogP contribution is 2.20. The van der Waals surface area contributed by atoms with Crippen molar-refractivity contribution in [3.8, 4) is 0 Å². The molecule has 1 heterocycles. The summed E-state index contributed by atoms with van der Waals surface area (Å²) in [4.78, 5) is 14.9. The third-order valence-electron chi connectivity index (χ3n) is 2.55. The molecule has 0 N–H and O–H groups in total. The highest BCUT2D eigenvalue weighted by atomic mass is 35.5. The lowest BCUT2D eigenvalue weighted by Crippen LogP contribution is -2.24. The zero-order chi connectivity index (χ0) is 13.5. The first-order valence-electron chi connectivity index (χ1n) is 6.36. The van der Waals surface area contributed by atoms with Gasteiger partial charge >= 0.3 is 0 Å². The predicted octanol–water partition coefficient (Wildman–Crippen LogP) is 3.51. The number of hydrogen-bond acceptors (Lipinski definition) is 5. The molecule has 4 nitrogen and oxygen atoms in total. The molecule has 6 heteroatoms. The van der Waals surface area contributed by atoms with E-state index in [1.165, 1.54) is 0 Å². The summed E-state index contributed by atoms with van der Waals surface area (Å²) in [6.07, 6.45) is 1.15. The molecule has 0 amide bonds. The van der Waals surface area contributed by atoms with E-state index in [0.29, 0.717) is 11.9 Å². The standard InChI is InChI=1S/C12H21ClN4S/c1-5-17(6-2)11-14-10(13)15-12(16-11)18-8-7-9(3)4/h9H,5-8H2,1-4H3. The van der Waals surface area contributed by atoms with E-state index in [1.807, 2.05) is 0 Å². The lowest BCUT2D eigenvalue weighted by atomic mass is 10.2. The fraction of sp³-hybridized carbons (Fsp3) is 0.750. The van der Waals surface area contributed by atoms with Gasteiger partial charge in [0.2, 0.25) is 11.2 Å². The molecule has 0 aliphatic heterocycles. The van der Waals surface area contributed by atoms with Crippen molar-refractivity contribution < 1.29 is 0 Å². The number of rotatable bonds is 7. The number of anilines is 1. The van der Waals surface area contributed by atoms with Gasteiger partial charge in [-0.1, -0.05) is 25.6 Å². The monoisotopic (exact) mass is 288 g/mol. The van der Waals surface area contributed by atoms with Gasteiger partial charge in [-0.2, -0.15) is 15.0 Å². The van der Waals surface area contributed by atoms with Gasteiger partial charge in [0.15, 0.2) is 5.16 Å². The van der Waals surface area contributed by atoms with E-state index >= 15 is 0 Å². The van der Waals surface area contributed by atoms with E-state index in [9.17, 15) is 0 Å². The van der Waals surface area contributed by atoms with Crippen LogP contribution in [0.3, 0.4) is 0 Å². The maximum Gasteiger partial charge on any atom is 0.230 e. The molecule has 1 aromatic rings. The van der Waals surface area contributed by atoms with E-state index in [-0.39, 0.29) is 5.28 Å². The Labute approximate surface area is 119 Å². The first kappa shape index (κ1) is 15.5. The van der Waals surface area contributed by atoms with Crippen LogP contribution in [0.2, 0.25) is 5.28 Å². The van der Waals surface area contributed by atoms with Crippen LogP contribution in [0.5, 0.6) is 0 Å². The number of hydrogen-bond donors (Lipinski definition) is 0. The molecular formula is C12H21ClN4S. The topological polar surface area (TPSA) is 41.9 Å². The molecule has 0 aliphatic rings. The minimum absolute atomic E-state index is 0.277. The zero-order valence-corrected chi connectivity index (χ0v) is 13.1. The second-order valence-corrected chi connectivity index (χ2v) is 5.79. The molecule has 0 aliphatic carbocycles. The lowest BCUT2D eigenvalue weighted by molar-refractivity contribution is 0.631. The Balaban J connectivity index is 2.74. The zero-order valence-electron chi connectivity index (χ0n) is 11.5. The van der Waals surface area contributed by atoms with Gasteiger partial charge in [0.1, 0.15) is 0 Å². The molecule has 0 saturated carbocycles. The van der Waals surface area contributed by atoms with E-state index in [0.717, 1.165) is 30.4 Å². The van der Waals surface area contributed by atoms with Crippen molar-refractivity contribution in [1.29, 1.82) is 0 Å². The van der Waals surface area contributed by atoms with E-state index < -0.39 is 0 Å². The van der Waals surface area contributed by atoms with Gasteiger partial charge in [-0.3, -0.25) is 0 Å². The van der Waals surface area contributed by atoms with Crippen molar-refractivity contribution in [3.05, 3.63) is 5.28 Å². The SMILES string of the molecule is CCN(CC)c1nc(Cl)nc(SCCC(C)C)n1. The molecule has 0 radical (unpaired) electrons. The summed E-state index contributed by atoms with van der Waals surface area (Å²) in [5.74, 6) is 2.37. The van der Waals surface area contributed by atoms with Crippen LogP contribution in [0.15, 0.2) is 5.16 Å². The first-order chi connectivity index (χ1) is 8.56. The van der Waals surface area contributed by atoms with Crippen molar-refractivity contribution in [1.82, 2.24) is 15.0 Å². The summed E-state index contributed by atoms with van der Waals surface area (Å²) >= 11 is 7.59. The molecule has 0 fully saturated rings. The number of thioether (sulfide) groups is 1. The highest BCUT2D eigenvalue weighted by Gasteiger charge is 2.10. The summed E-state index contributed by atoms with van der Waals surface area (Å²) in [6.45, 7) is 10.3. The number of aromatic nitrogens is 3. The second kappa shape index (κ2) is 7.79. The largest absolute Gasteiger partial charge is 0.341 e. The number of nitrogens with zero attached hydrogens (tertiary/aromatic N) is 4. The normalized spacial score (nSPS) is 11.0. The molecule has 0 saturated heterocycles. The maximum atomic E-state index is 5.95. The van der Waals surface area contributed by atoms with Gasteiger partial charge in [-0.05, 0) is 37.8 Å². The van der Waals surface area contributed by atoms with Crippen molar-refractivity contribution in [2.75, 3.05) is 23.7 Å². The Morgan fingerprint density at radius 3 is 2.39 bits per heavy atom. The molecule has 1 aromatic heterocycles.